The smallest absolute Gasteiger partial charge is 0.255 e. The van der Waals surface area contributed by atoms with Crippen LogP contribution in [-0.4, -0.2) is 29.9 Å². The average molecular weight is 394 g/mol. The molecule has 0 aliphatic carbocycles. The molecule has 2 amide bonds. The minimum Gasteiger partial charge on any atom is -0.494 e. The van der Waals surface area contributed by atoms with Crippen LogP contribution < -0.4 is 20.7 Å². The summed E-state index contributed by atoms with van der Waals surface area (Å²) in [5.74, 6) is 1.07. The van der Waals surface area contributed by atoms with Gasteiger partial charge in [-0.25, -0.2) is 4.98 Å². The van der Waals surface area contributed by atoms with Gasteiger partial charge in [0.1, 0.15) is 17.3 Å². The third-order valence-corrected chi connectivity index (χ3v) is 3.93. The summed E-state index contributed by atoms with van der Waals surface area (Å²) in [5, 5.41) is 8.38. The Morgan fingerprint density at radius 2 is 1.90 bits per heavy atom. The Hall–Kier alpha value is -3.81. The second-order valence-electron chi connectivity index (χ2n) is 6.02. The van der Waals surface area contributed by atoms with Gasteiger partial charge >= 0.3 is 0 Å². The van der Waals surface area contributed by atoms with Gasteiger partial charge in [0, 0.05) is 11.9 Å². The second kappa shape index (κ2) is 9.93. The van der Waals surface area contributed by atoms with Crippen molar-refractivity contribution in [2.75, 3.05) is 18.5 Å². The number of ether oxygens (including phenoxy) is 1. The molecule has 0 spiro atoms. The number of furan rings is 1. The van der Waals surface area contributed by atoms with Crippen LogP contribution in [0.3, 0.4) is 0 Å². The van der Waals surface area contributed by atoms with Gasteiger partial charge in [-0.2, -0.15) is 0 Å². The number of carbonyl (C=O) groups is 2. The van der Waals surface area contributed by atoms with E-state index in [-0.39, 0.29) is 19.0 Å². The van der Waals surface area contributed by atoms with Crippen molar-refractivity contribution >= 4 is 23.3 Å². The van der Waals surface area contributed by atoms with Gasteiger partial charge in [-0.3, -0.25) is 9.59 Å². The van der Waals surface area contributed by atoms with Gasteiger partial charge in [-0.15, -0.1) is 0 Å². The van der Waals surface area contributed by atoms with E-state index in [1.807, 2.05) is 31.2 Å². The van der Waals surface area contributed by atoms with E-state index in [9.17, 15) is 9.59 Å². The van der Waals surface area contributed by atoms with E-state index >= 15 is 0 Å². The highest BCUT2D eigenvalue weighted by atomic mass is 16.5. The zero-order valence-electron chi connectivity index (χ0n) is 16.0. The van der Waals surface area contributed by atoms with Crippen molar-refractivity contribution in [3.8, 4) is 5.75 Å². The number of pyridine rings is 1. The molecular formula is C21H22N4O4. The van der Waals surface area contributed by atoms with Crippen LogP contribution in [0, 0.1) is 0 Å². The molecule has 0 bridgehead atoms. The number of anilines is 2. The van der Waals surface area contributed by atoms with E-state index in [2.05, 4.69) is 20.9 Å². The first-order valence-electron chi connectivity index (χ1n) is 9.18. The van der Waals surface area contributed by atoms with E-state index in [0.29, 0.717) is 23.7 Å². The Morgan fingerprint density at radius 3 is 2.62 bits per heavy atom. The Bertz CT molecular complexity index is 940. The van der Waals surface area contributed by atoms with Gasteiger partial charge in [0.05, 0.1) is 31.5 Å². The number of carbonyl (C=O) groups excluding carboxylic acids is 2. The lowest BCUT2D eigenvalue weighted by atomic mass is 10.2. The van der Waals surface area contributed by atoms with E-state index < -0.39 is 5.91 Å². The van der Waals surface area contributed by atoms with E-state index in [4.69, 9.17) is 9.15 Å². The lowest BCUT2D eigenvalue weighted by molar-refractivity contribution is -0.120. The van der Waals surface area contributed by atoms with Crippen LogP contribution >= 0.6 is 0 Å². The topological polar surface area (TPSA) is 105 Å². The zero-order chi connectivity index (χ0) is 20.5. The van der Waals surface area contributed by atoms with Crippen molar-refractivity contribution in [2.45, 2.75) is 13.5 Å². The van der Waals surface area contributed by atoms with Crippen molar-refractivity contribution < 1.29 is 18.7 Å². The minimum atomic E-state index is -0.403. The Kier molecular flexibility index (Phi) is 6.83. The maximum atomic E-state index is 12.5. The number of hydrogen-bond acceptors (Lipinski definition) is 6. The van der Waals surface area contributed by atoms with Gasteiger partial charge in [0.2, 0.25) is 5.91 Å². The van der Waals surface area contributed by atoms with E-state index in [0.717, 1.165) is 11.4 Å². The highest BCUT2D eigenvalue weighted by Gasteiger charge is 2.14. The summed E-state index contributed by atoms with van der Waals surface area (Å²) < 4.78 is 10.6. The van der Waals surface area contributed by atoms with Crippen LogP contribution in [0.5, 0.6) is 5.75 Å². The van der Waals surface area contributed by atoms with Gasteiger partial charge in [-0.05, 0) is 55.5 Å². The molecule has 0 aliphatic rings. The molecule has 0 radical (unpaired) electrons. The van der Waals surface area contributed by atoms with Crippen molar-refractivity contribution in [3.63, 3.8) is 0 Å². The number of benzene rings is 1. The summed E-state index contributed by atoms with van der Waals surface area (Å²) in [4.78, 5) is 28.7. The third kappa shape index (κ3) is 5.83. The normalized spacial score (nSPS) is 10.2. The van der Waals surface area contributed by atoms with Crippen molar-refractivity contribution in [3.05, 3.63) is 72.3 Å². The number of nitrogens with one attached hydrogen (secondary N) is 3. The molecule has 3 rings (SSSR count). The largest absolute Gasteiger partial charge is 0.494 e. The Morgan fingerprint density at radius 1 is 1.07 bits per heavy atom. The maximum Gasteiger partial charge on any atom is 0.255 e. The molecule has 0 saturated carbocycles. The lowest BCUT2D eigenvalue weighted by Crippen LogP contribution is -2.36. The molecule has 0 fully saturated rings. The van der Waals surface area contributed by atoms with Gasteiger partial charge in [-0.1, -0.05) is 0 Å². The number of rotatable bonds is 9. The van der Waals surface area contributed by atoms with E-state index in [1.165, 1.54) is 6.26 Å². The SMILES string of the molecule is CCOc1ccc(Nc2ncccc2C(=O)NCC(=O)NCc2ccco2)cc1. The molecule has 2 aromatic heterocycles. The number of hydrogen-bond donors (Lipinski definition) is 3. The predicted octanol–water partition coefficient (Wildman–Crippen LogP) is 2.86. The standard InChI is InChI=1S/C21H22N4O4/c1-2-28-16-9-7-15(8-10-16)25-20-18(6-3-11-22-20)21(27)24-14-19(26)23-13-17-5-4-12-29-17/h3-12H,2,13-14H2,1H3,(H,22,25)(H,23,26)(H,24,27). The fourth-order valence-electron chi connectivity index (χ4n) is 2.54. The molecule has 8 nitrogen and oxygen atoms in total. The van der Waals surface area contributed by atoms with Crippen LogP contribution in [0.2, 0.25) is 0 Å². The molecule has 29 heavy (non-hydrogen) atoms. The summed E-state index contributed by atoms with van der Waals surface area (Å²) >= 11 is 0. The summed E-state index contributed by atoms with van der Waals surface area (Å²) in [5.41, 5.74) is 1.10. The van der Waals surface area contributed by atoms with Crippen LogP contribution in [0.25, 0.3) is 0 Å². The average Bonchev–Trinajstić information content (AvgIpc) is 3.26. The highest BCUT2D eigenvalue weighted by Crippen LogP contribution is 2.21. The molecular weight excluding hydrogens is 372 g/mol. The molecule has 1 aromatic carbocycles. The van der Waals surface area contributed by atoms with Gasteiger partial charge < -0.3 is 25.1 Å². The quantitative estimate of drug-likeness (QED) is 0.515. The second-order valence-corrected chi connectivity index (χ2v) is 6.02. The van der Waals surface area contributed by atoms with Crippen LogP contribution in [0.1, 0.15) is 23.0 Å². The predicted molar refractivity (Wildman–Crippen MR) is 108 cm³/mol. The fraction of sp³-hybridized carbons (Fsp3) is 0.190. The summed E-state index contributed by atoms with van der Waals surface area (Å²) in [6.45, 7) is 2.62. The van der Waals surface area contributed by atoms with E-state index in [1.54, 1.807) is 30.5 Å². The van der Waals surface area contributed by atoms with Crippen molar-refractivity contribution in [2.24, 2.45) is 0 Å². The lowest BCUT2D eigenvalue weighted by Gasteiger charge is -2.12. The number of aromatic nitrogens is 1. The van der Waals surface area contributed by atoms with Crippen LogP contribution in [-0.2, 0) is 11.3 Å². The molecule has 2 heterocycles. The number of nitrogens with zero attached hydrogens (tertiary/aromatic N) is 1. The molecule has 0 aliphatic heterocycles. The monoisotopic (exact) mass is 394 g/mol. The van der Waals surface area contributed by atoms with Crippen LogP contribution in [0.4, 0.5) is 11.5 Å². The van der Waals surface area contributed by atoms with Gasteiger partial charge in [0.25, 0.3) is 5.91 Å². The molecule has 0 saturated heterocycles. The Labute approximate surface area is 168 Å². The maximum absolute atomic E-state index is 12.5. The summed E-state index contributed by atoms with van der Waals surface area (Å²) in [6, 6.07) is 14.1. The molecule has 0 atom stereocenters. The molecule has 3 aromatic rings. The summed E-state index contributed by atoms with van der Waals surface area (Å²) in [7, 11) is 0. The molecule has 8 heteroatoms. The van der Waals surface area contributed by atoms with Gasteiger partial charge in [0.15, 0.2) is 0 Å². The highest BCUT2D eigenvalue weighted by molar-refractivity contribution is 6.00. The number of amides is 2. The molecule has 0 unspecified atom stereocenters. The first-order chi connectivity index (χ1) is 14.2. The van der Waals surface area contributed by atoms with Crippen molar-refractivity contribution in [1.82, 2.24) is 15.6 Å². The Balaban J connectivity index is 1.57. The summed E-state index contributed by atoms with van der Waals surface area (Å²) in [6.07, 6.45) is 3.12. The first-order valence-corrected chi connectivity index (χ1v) is 9.18. The molecule has 3 N–H and O–H groups in total. The zero-order valence-corrected chi connectivity index (χ0v) is 16.0. The molecule has 150 valence electrons. The first kappa shape index (κ1) is 19.9. The van der Waals surface area contributed by atoms with Crippen molar-refractivity contribution in [1.29, 1.82) is 0 Å². The fourth-order valence-corrected chi connectivity index (χ4v) is 2.54. The third-order valence-electron chi connectivity index (χ3n) is 3.93. The minimum absolute atomic E-state index is 0.156. The van der Waals surface area contributed by atoms with Crippen LogP contribution in [0.15, 0.2) is 65.4 Å².